The summed E-state index contributed by atoms with van der Waals surface area (Å²) in [5.41, 5.74) is 5.59. The third kappa shape index (κ3) is 3.93. The van der Waals surface area contributed by atoms with Crippen LogP contribution in [0.15, 0.2) is 18.2 Å². The van der Waals surface area contributed by atoms with Crippen LogP contribution in [0.25, 0.3) is 0 Å². The van der Waals surface area contributed by atoms with Crippen LogP contribution in [0.3, 0.4) is 0 Å². The van der Waals surface area contributed by atoms with E-state index in [9.17, 15) is 4.79 Å². The molecule has 6 nitrogen and oxygen atoms in total. The monoisotopic (exact) mass is 259 g/mol. The first-order chi connectivity index (χ1) is 9.17. The lowest BCUT2D eigenvalue weighted by atomic mass is 10.1. The number of nitrogens with two attached hydrogens (primary N) is 1. The van der Waals surface area contributed by atoms with Gasteiger partial charge in [0.1, 0.15) is 17.6 Å². The first-order valence-electron chi connectivity index (χ1n) is 6.32. The molecule has 2 heterocycles. The van der Waals surface area contributed by atoms with Crippen molar-refractivity contribution in [2.75, 3.05) is 25.0 Å². The van der Waals surface area contributed by atoms with E-state index in [1.807, 2.05) is 18.2 Å². The molecule has 1 amide bonds. The van der Waals surface area contributed by atoms with Crippen LogP contribution in [0.2, 0.25) is 0 Å². The number of anilines is 1. The molecule has 3 N–H and O–H groups in total. The van der Waals surface area contributed by atoms with Crippen molar-refractivity contribution in [1.29, 1.82) is 5.26 Å². The molecule has 0 spiro atoms. The second-order valence-corrected chi connectivity index (χ2v) is 4.68. The van der Waals surface area contributed by atoms with Crippen LogP contribution in [0.5, 0.6) is 0 Å². The quantitative estimate of drug-likeness (QED) is 0.811. The molecule has 1 saturated heterocycles. The number of carbonyl (C=O) groups excluding carboxylic acids is 1. The third-order valence-corrected chi connectivity index (χ3v) is 3.18. The van der Waals surface area contributed by atoms with Crippen LogP contribution in [0.4, 0.5) is 5.82 Å². The number of primary amides is 1. The Kier molecular flexibility index (Phi) is 4.31. The molecule has 0 radical (unpaired) electrons. The number of rotatable bonds is 4. The summed E-state index contributed by atoms with van der Waals surface area (Å²) >= 11 is 0. The SMILES string of the molecule is N#Cc1cccc(NC2CCN(CC(N)=O)CC2)n1. The number of amides is 1. The molecule has 0 saturated carbocycles. The zero-order valence-corrected chi connectivity index (χ0v) is 10.7. The van der Waals surface area contributed by atoms with Gasteiger partial charge in [-0.25, -0.2) is 4.98 Å². The fourth-order valence-corrected chi connectivity index (χ4v) is 2.24. The number of nitrogens with zero attached hydrogens (tertiary/aromatic N) is 3. The van der Waals surface area contributed by atoms with Gasteiger partial charge in [-0.1, -0.05) is 6.07 Å². The lowest BCUT2D eigenvalue weighted by Crippen LogP contribution is -2.43. The summed E-state index contributed by atoms with van der Waals surface area (Å²) < 4.78 is 0. The summed E-state index contributed by atoms with van der Waals surface area (Å²) in [6.45, 7) is 2.02. The molecule has 1 aliphatic rings. The molecule has 1 aromatic heterocycles. The summed E-state index contributed by atoms with van der Waals surface area (Å²) in [5.74, 6) is 0.446. The average Bonchev–Trinajstić information content (AvgIpc) is 2.41. The first-order valence-corrected chi connectivity index (χ1v) is 6.32. The number of hydrogen-bond acceptors (Lipinski definition) is 5. The van der Waals surface area contributed by atoms with Crippen molar-refractivity contribution in [2.45, 2.75) is 18.9 Å². The zero-order chi connectivity index (χ0) is 13.7. The van der Waals surface area contributed by atoms with Crippen LogP contribution in [0, 0.1) is 11.3 Å². The van der Waals surface area contributed by atoms with E-state index < -0.39 is 0 Å². The van der Waals surface area contributed by atoms with Gasteiger partial charge in [0.2, 0.25) is 5.91 Å². The second-order valence-electron chi connectivity index (χ2n) is 4.68. The average molecular weight is 259 g/mol. The van der Waals surface area contributed by atoms with Crippen LogP contribution in [-0.4, -0.2) is 41.5 Å². The molecule has 1 aromatic rings. The Morgan fingerprint density at radius 3 is 2.89 bits per heavy atom. The number of aromatic nitrogens is 1. The fourth-order valence-electron chi connectivity index (χ4n) is 2.24. The smallest absolute Gasteiger partial charge is 0.231 e. The van der Waals surface area contributed by atoms with Gasteiger partial charge < -0.3 is 11.1 Å². The van der Waals surface area contributed by atoms with E-state index in [0.717, 1.165) is 31.7 Å². The Balaban J connectivity index is 1.85. The Labute approximate surface area is 112 Å². The molecular formula is C13H17N5O. The highest BCUT2D eigenvalue weighted by molar-refractivity contribution is 5.75. The maximum Gasteiger partial charge on any atom is 0.231 e. The molecule has 6 heteroatoms. The van der Waals surface area contributed by atoms with Gasteiger partial charge in [-0.3, -0.25) is 9.69 Å². The largest absolute Gasteiger partial charge is 0.369 e. The van der Waals surface area contributed by atoms with E-state index in [2.05, 4.69) is 15.2 Å². The van der Waals surface area contributed by atoms with E-state index in [-0.39, 0.29) is 5.91 Å². The van der Waals surface area contributed by atoms with E-state index in [0.29, 0.717) is 18.3 Å². The highest BCUT2D eigenvalue weighted by Crippen LogP contribution is 2.15. The summed E-state index contributed by atoms with van der Waals surface area (Å²) in [6.07, 6.45) is 1.87. The van der Waals surface area contributed by atoms with E-state index in [1.165, 1.54) is 0 Å². The van der Waals surface area contributed by atoms with Crippen molar-refractivity contribution >= 4 is 11.7 Å². The predicted octanol–water partition coefficient (Wildman–Crippen LogP) is 0.315. The van der Waals surface area contributed by atoms with Crippen LogP contribution >= 0.6 is 0 Å². The Morgan fingerprint density at radius 2 is 2.26 bits per heavy atom. The number of pyridine rings is 1. The van der Waals surface area contributed by atoms with Gasteiger partial charge in [0.05, 0.1) is 6.54 Å². The van der Waals surface area contributed by atoms with E-state index in [4.69, 9.17) is 11.0 Å². The maximum absolute atomic E-state index is 10.8. The molecule has 1 aliphatic heterocycles. The van der Waals surface area contributed by atoms with Gasteiger partial charge in [0, 0.05) is 19.1 Å². The van der Waals surface area contributed by atoms with E-state index >= 15 is 0 Å². The normalized spacial score (nSPS) is 16.8. The van der Waals surface area contributed by atoms with Crippen molar-refractivity contribution in [3.63, 3.8) is 0 Å². The van der Waals surface area contributed by atoms with Crippen molar-refractivity contribution in [2.24, 2.45) is 5.73 Å². The van der Waals surface area contributed by atoms with Gasteiger partial charge in [-0.05, 0) is 25.0 Å². The van der Waals surface area contributed by atoms with Crippen molar-refractivity contribution in [3.05, 3.63) is 23.9 Å². The maximum atomic E-state index is 10.8. The molecule has 100 valence electrons. The second kappa shape index (κ2) is 6.16. The molecule has 0 atom stereocenters. The number of piperidine rings is 1. The molecule has 19 heavy (non-hydrogen) atoms. The fraction of sp³-hybridized carbons (Fsp3) is 0.462. The van der Waals surface area contributed by atoms with E-state index in [1.54, 1.807) is 6.07 Å². The number of likely N-dealkylation sites (tertiary alicyclic amines) is 1. The highest BCUT2D eigenvalue weighted by atomic mass is 16.1. The lowest BCUT2D eigenvalue weighted by molar-refractivity contribution is -0.119. The number of carbonyl (C=O) groups is 1. The van der Waals surface area contributed by atoms with Crippen LogP contribution in [0.1, 0.15) is 18.5 Å². The minimum Gasteiger partial charge on any atom is -0.369 e. The molecular weight excluding hydrogens is 242 g/mol. The van der Waals surface area contributed by atoms with Gasteiger partial charge >= 0.3 is 0 Å². The van der Waals surface area contributed by atoms with Gasteiger partial charge in [0.15, 0.2) is 0 Å². The molecule has 2 rings (SSSR count). The topological polar surface area (TPSA) is 95.0 Å². The summed E-state index contributed by atoms with van der Waals surface area (Å²) in [7, 11) is 0. The van der Waals surface area contributed by atoms with Crippen molar-refractivity contribution in [3.8, 4) is 6.07 Å². The van der Waals surface area contributed by atoms with Crippen molar-refractivity contribution in [1.82, 2.24) is 9.88 Å². The molecule has 1 fully saturated rings. The van der Waals surface area contributed by atoms with Crippen molar-refractivity contribution < 1.29 is 4.79 Å². The standard InChI is InChI=1S/C13H17N5O/c14-8-11-2-1-3-13(17-11)16-10-4-6-18(7-5-10)9-12(15)19/h1-3,10H,4-7,9H2,(H2,15,19)(H,16,17). The summed E-state index contributed by atoms with van der Waals surface area (Å²) in [6, 6.07) is 7.70. The number of nitriles is 1. The molecule has 0 aromatic carbocycles. The zero-order valence-electron chi connectivity index (χ0n) is 10.7. The molecule has 0 unspecified atom stereocenters. The lowest BCUT2D eigenvalue weighted by Gasteiger charge is -2.31. The minimum absolute atomic E-state index is 0.283. The molecule has 0 aliphatic carbocycles. The van der Waals surface area contributed by atoms with Gasteiger partial charge in [-0.2, -0.15) is 5.26 Å². The number of hydrogen-bond donors (Lipinski definition) is 2. The van der Waals surface area contributed by atoms with Crippen LogP contribution < -0.4 is 11.1 Å². The predicted molar refractivity (Wildman–Crippen MR) is 71.2 cm³/mol. The number of nitrogens with one attached hydrogen (secondary N) is 1. The van der Waals surface area contributed by atoms with Gasteiger partial charge in [0.25, 0.3) is 0 Å². The first kappa shape index (κ1) is 13.3. The molecule has 0 bridgehead atoms. The Hall–Kier alpha value is -2.13. The minimum atomic E-state index is -0.283. The Morgan fingerprint density at radius 1 is 1.53 bits per heavy atom. The highest BCUT2D eigenvalue weighted by Gasteiger charge is 2.20. The third-order valence-electron chi connectivity index (χ3n) is 3.18. The van der Waals surface area contributed by atoms with Gasteiger partial charge in [-0.15, -0.1) is 0 Å². The summed E-state index contributed by atoms with van der Waals surface area (Å²) in [5, 5.41) is 12.1. The summed E-state index contributed by atoms with van der Waals surface area (Å²) in [4.78, 5) is 17.1. The van der Waals surface area contributed by atoms with Crippen LogP contribution in [-0.2, 0) is 4.79 Å². The Bertz CT molecular complexity index is 488.